The highest BCUT2D eigenvalue weighted by Gasteiger charge is 2.12. The van der Waals surface area contributed by atoms with Crippen molar-refractivity contribution in [1.82, 2.24) is 16.0 Å². The lowest BCUT2D eigenvalue weighted by atomic mass is 10.2. The minimum Gasteiger partial charge on any atom is -0.497 e. The van der Waals surface area contributed by atoms with Gasteiger partial charge in [0.15, 0.2) is 6.61 Å². The normalized spacial score (nSPS) is 10.0. The van der Waals surface area contributed by atoms with Crippen LogP contribution in [0.2, 0.25) is 0 Å². The van der Waals surface area contributed by atoms with Crippen LogP contribution in [0.3, 0.4) is 0 Å². The Bertz CT molecular complexity index is 642. The maximum absolute atomic E-state index is 11.9. The molecule has 1 aromatic rings. The summed E-state index contributed by atoms with van der Waals surface area (Å²) in [5, 5.41) is 7.30. The van der Waals surface area contributed by atoms with Gasteiger partial charge in [0.05, 0.1) is 13.7 Å². The topological polar surface area (TPSA) is 123 Å². The minimum absolute atomic E-state index is 0.0356. The van der Waals surface area contributed by atoms with Gasteiger partial charge in [0.2, 0.25) is 5.91 Å². The van der Waals surface area contributed by atoms with Gasteiger partial charge in [-0.2, -0.15) is 0 Å². The number of carbonyl (C=O) groups is 4. The molecule has 0 atom stereocenters. The fourth-order valence-corrected chi connectivity index (χ4v) is 1.80. The van der Waals surface area contributed by atoms with E-state index in [1.54, 1.807) is 38.1 Å². The number of benzene rings is 1. The van der Waals surface area contributed by atoms with Gasteiger partial charge in [-0.25, -0.2) is 0 Å². The fraction of sp³-hybridized carbons (Fsp3) is 0.412. The van der Waals surface area contributed by atoms with Gasteiger partial charge in [0, 0.05) is 11.6 Å². The van der Waals surface area contributed by atoms with Gasteiger partial charge in [-0.1, -0.05) is 0 Å². The van der Waals surface area contributed by atoms with E-state index < -0.39 is 24.4 Å². The van der Waals surface area contributed by atoms with Crippen molar-refractivity contribution in [3.8, 4) is 5.75 Å². The highest BCUT2D eigenvalue weighted by molar-refractivity contribution is 5.96. The third-order valence-electron chi connectivity index (χ3n) is 3.01. The molecule has 0 saturated carbocycles. The molecule has 9 nitrogen and oxygen atoms in total. The second-order valence-corrected chi connectivity index (χ2v) is 5.57. The first-order chi connectivity index (χ1) is 12.3. The van der Waals surface area contributed by atoms with Crippen molar-refractivity contribution in [1.29, 1.82) is 0 Å². The number of esters is 1. The van der Waals surface area contributed by atoms with Crippen LogP contribution in [0, 0.1) is 0 Å². The minimum atomic E-state index is -0.770. The van der Waals surface area contributed by atoms with E-state index in [0.717, 1.165) is 0 Å². The summed E-state index contributed by atoms with van der Waals surface area (Å²) in [6.07, 6.45) is 0. The standard InChI is InChI=1S/C17H23N3O6/c1-11(2)20-14(21)8-18-15(22)10-26-16(23)9-19-17(24)12-4-6-13(25-3)7-5-12/h4-7,11H,8-10H2,1-3H3,(H,18,22)(H,19,24)(H,20,21). The molecule has 3 N–H and O–H groups in total. The smallest absolute Gasteiger partial charge is 0.325 e. The molecule has 142 valence electrons. The molecule has 0 spiro atoms. The van der Waals surface area contributed by atoms with E-state index in [9.17, 15) is 19.2 Å². The average Bonchev–Trinajstić information content (AvgIpc) is 2.62. The van der Waals surface area contributed by atoms with Crippen LogP contribution in [0.1, 0.15) is 24.2 Å². The zero-order valence-electron chi connectivity index (χ0n) is 15.0. The van der Waals surface area contributed by atoms with E-state index in [-0.39, 0.29) is 25.0 Å². The number of hydrogen-bond acceptors (Lipinski definition) is 6. The molecule has 0 aliphatic carbocycles. The molecule has 0 heterocycles. The van der Waals surface area contributed by atoms with Crippen LogP contribution in [0.25, 0.3) is 0 Å². The molecule has 0 aliphatic heterocycles. The Balaban J connectivity index is 2.25. The molecule has 0 aliphatic rings. The third-order valence-corrected chi connectivity index (χ3v) is 3.01. The molecular weight excluding hydrogens is 342 g/mol. The van der Waals surface area contributed by atoms with Crippen molar-refractivity contribution in [3.05, 3.63) is 29.8 Å². The van der Waals surface area contributed by atoms with Crippen molar-refractivity contribution >= 4 is 23.7 Å². The summed E-state index contributed by atoms with van der Waals surface area (Å²) in [5.41, 5.74) is 0.354. The van der Waals surface area contributed by atoms with Gasteiger partial charge in [0.25, 0.3) is 11.8 Å². The van der Waals surface area contributed by atoms with E-state index in [1.807, 2.05) is 0 Å². The Hall–Kier alpha value is -3.10. The molecule has 1 rings (SSSR count). The Morgan fingerprint density at radius 2 is 1.62 bits per heavy atom. The number of methoxy groups -OCH3 is 1. The Labute approximate surface area is 151 Å². The lowest BCUT2D eigenvalue weighted by molar-refractivity contribution is -0.147. The first-order valence-electron chi connectivity index (χ1n) is 7.95. The van der Waals surface area contributed by atoms with Crippen molar-refractivity contribution in [3.63, 3.8) is 0 Å². The van der Waals surface area contributed by atoms with Crippen LogP contribution < -0.4 is 20.7 Å². The first-order valence-corrected chi connectivity index (χ1v) is 7.95. The second-order valence-electron chi connectivity index (χ2n) is 5.57. The molecule has 1 aromatic carbocycles. The molecular formula is C17H23N3O6. The molecule has 26 heavy (non-hydrogen) atoms. The van der Waals surface area contributed by atoms with Crippen molar-refractivity contribution < 1.29 is 28.7 Å². The zero-order valence-corrected chi connectivity index (χ0v) is 15.0. The summed E-state index contributed by atoms with van der Waals surface area (Å²) in [4.78, 5) is 46.3. The number of hydrogen-bond donors (Lipinski definition) is 3. The van der Waals surface area contributed by atoms with Gasteiger partial charge < -0.3 is 25.4 Å². The number of ether oxygens (including phenoxy) is 2. The van der Waals surface area contributed by atoms with Crippen LogP contribution in [0.15, 0.2) is 24.3 Å². The van der Waals surface area contributed by atoms with Gasteiger partial charge in [-0.3, -0.25) is 19.2 Å². The number of nitrogens with one attached hydrogen (secondary N) is 3. The highest BCUT2D eigenvalue weighted by Crippen LogP contribution is 2.10. The van der Waals surface area contributed by atoms with E-state index in [1.165, 1.54) is 7.11 Å². The number of amides is 3. The summed E-state index contributed by atoms with van der Waals surface area (Å²) < 4.78 is 9.71. The maximum Gasteiger partial charge on any atom is 0.325 e. The molecule has 0 radical (unpaired) electrons. The molecule has 9 heteroatoms. The fourth-order valence-electron chi connectivity index (χ4n) is 1.80. The number of rotatable bonds is 9. The highest BCUT2D eigenvalue weighted by atomic mass is 16.5. The second kappa shape index (κ2) is 10.7. The zero-order chi connectivity index (χ0) is 19.5. The van der Waals surface area contributed by atoms with Crippen LogP contribution in [-0.2, 0) is 19.1 Å². The van der Waals surface area contributed by atoms with Crippen LogP contribution in [0.5, 0.6) is 5.75 Å². The van der Waals surface area contributed by atoms with Crippen molar-refractivity contribution in [2.75, 3.05) is 26.8 Å². The Morgan fingerprint density at radius 3 is 2.19 bits per heavy atom. The summed E-state index contributed by atoms with van der Waals surface area (Å²) in [7, 11) is 1.51. The third kappa shape index (κ3) is 8.13. The maximum atomic E-state index is 11.9. The van der Waals surface area contributed by atoms with Gasteiger partial charge in [-0.05, 0) is 38.1 Å². The lowest BCUT2D eigenvalue weighted by Crippen LogP contribution is -2.41. The molecule has 0 saturated heterocycles. The molecule has 3 amide bonds. The molecule has 0 fully saturated rings. The molecule has 0 unspecified atom stereocenters. The van der Waals surface area contributed by atoms with Crippen molar-refractivity contribution in [2.45, 2.75) is 19.9 Å². The Kier molecular flexibility index (Phi) is 8.62. The van der Waals surface area contributed by atoms with Gasteiger partial charge >= 0.3 is 5.97 Å². The SMILES string of the molecule is COc1ccc(C(=O)NCC(=O)OCC(=O)NCC(=O)NC(C)C)cc1. The molecule has 0 bridgehead atoms. The van der Waals surface area contributed by atoms with Crippen LogP contribution in [-0.4, -0.2) is 56.5 Å². The van der Waals surface area contributed by atoms with Gasteiger partial charge in [0.1, 0.15) is 12.3 Å². The Morgan fingerprint density at radius 1 is 0.962 bits per heavy atom. The predicted molar refractivity (Wildman–Crippen MR) is 92.6 cm³/mol. The van der Waals surface area contributed by atoms with Crippen LogP contribution in [0.4, 0.5) is 0 Å². The summed E-state index contributed by atoms with van der Waals surface area (Å²) >= 11 is 0. The average molecular weight is 365 g/mol. The predicted octanol–water partition coefficient (Wildman–Crippen LogP) is -0.391. The van der Waals surface area contributed by atoms with Gasteiger partial charge in [-0.15, -0.1) is 0 Å². The van der Waals surface area contributed by atoms with Crippen LogP contribution >= 0.6 is 0 Å². The van der Waals surface area contributed by atoms with E-state index in [2.05, 4.69) is 16.0 Å². The summed E-state index contributed by atoms with van der Waals surface area (Å²) in [6, 6.07) is 6.30. The number of carbonyl (C=O) groups excluding carboxylic acids is 4. The molecule has 0 aromatic heterocycles. The van der Waals surface area contributed by atoms with E-state index in [0.29, 0.717) is 11.3 Å². The monoisotopic (exact) mass is 365 g/mol. The van der Waals surface area contributed by atoms with E-state index in [4.69, 9.17) is 9.47 Å². The summed E-state index contributed by atoms with van der Waals surface area (Å²) in [6.45, 7) is 2.46. The summed E-state index contributed by atoms with van der Waals surface area (Å²) in [5.74, 6) is -1.58. The quantitative estimate of drug-likeness (QED) is 0.512. The van der Waals surface area contributed by atoms with Crippen molar-refractivity contribution in [2.24, 2.45) is 0 Å². The first kappa shape index (κ1) is 20.9. The largest absolute Gasteiger partial charge is 0.497 e. The lowest BCUT2D eigenvalue weighted by Gasteiger charge is -2.10. The van der Waals surface area contributed by atoms with E-state index >= 15 is 0 Å².